The Bertz CT molecular complexity index is 391. The summed E-state index contributed by atoms with van der Waals surface area (Å²) in [5.41, 5.74) is 1.16. The molecule has 2 rings (SSSR count). The standard InChI is InChI=1S/C16H24N2O.ClH/c1-13(15-8-5-9-17-12-15)10-16(19)18-11-14-6-3-2-4-7-14;/h2-4,6-7,13,15,17H,5,8-12H2,1H3,(H,18,19);1H. The van der Waals surface area contributed by atoms with Gasteiger partial charge < -0.3 is 10.6 Å². The van der Waals surface area contributed by atoms with Crippen LogP contribution in [0, 0.1) is 11.8 Å². The molecule has 20 heavy (non-hydrogen) atoms. The van der Waals surface area contributed by atoms with Crippen LogP contribution < -0.4 is 10.6 Å². The fourth-order valence-corrected chi connectivity index (χ4v) is 2.69. The van der Waals surface area contributed by atoms with Crippen molar-refractivity contribution in [2.24, 2.45) is 11.8 Å². The van der Waals surface area contributed by atoms with E-state index in [9.17, 15) is 4.79 Å². The van der Waals surface area contributed by atoms with Gasteiger partial charge in [0, 0.05) is 13.0 Å². The monoisotopic (exact) mass is 296 g/mol. The Kier molecular flexibility index (Phi) is 7.63. The Morgan fingerprint density at radius 3 is 2.80 bits per heavy atom. The Labute approximate surface area is 127 Å². The molecule has 2 N–H and O–H groups in total. The minimum atomic E-state index is 0. The average molecular weight is 297 g/mol. The Morgan fingerprint density at radius 1 is 1.40 bits per heavy atom. The summed E-state index contributed by atoms with van der Waals surface area (Å²) < 4.78 is 0. The quantitative estimate of drug-likeness (QED) is 0.877. The zero-order chi connectivity index (χ0) is 13.5. The molecule has 1 aromatic rings. The van der Waals surface area contributed by atoms with Gasteiger partial charge in [0.1, 0.15) is 0 Å². The molecule has 1 aliphatic heterocycles. The number of hydrogen-bond acceptors (Lipinski definition) is 2. The molecule has 1 aromatic carbocycles. The molecule has 1 aliphatic rings. The molecule has 0 aromatic heterocycles. The molecule has 2 unspecified atom stereocenters. The Morgan fingerprint density at radius 2 is 2.15 bits per heavy atom. The van der Waals surface area contributed by atoms with Gasteiger partial charge in [-0.15, -0.1) is 12.4 Å². The Balaban J connectivity index is 0.00000200. The van der Waals surface area contributed by atoms with Gasteiger partial charge in [0.2, 0.25) is 5.91 Å². The normalized spacial score (nSPS) is 19.8. The molecular weight excluding hydrogens is 272 g/mol. The maximum Gasteiger partial charge on any atom is 0.220 e. The summed E-state index contributed by atoms with van der Waals surface area (Å²) in [7, 11) is 0. The molecule has 4 heteroatoms. The lowest BCUT2D eigenvalue weighted by atomic mass is 9.85. The van der Waals surface area contributed by atoms with Crippen molar-refractivity contribution < 1.29 is 4.79 Å². The maximum absolute atomic E-state index is 11.9. The highest BCUT2D eigenvalue weighted by Gasteiger charge is 2.21. The summed E-state index contributed by atoms with van der Waals surface area (Å²) in [5.74, 6) is 1.28. The number of nitrogens with one attached hydrogen (secondary N) is 2. The number of rotatable bonds is 5. The van der Waals surface area contributed by atoms with Gasteiger partial charge in [0.25, 0.3) is 0 Å². The van der Waals surface area contributed by atoms with Gasteiger partial charge in [-0.2, -0.15) is 0 Å². The van der Waals surface area contributed by atoms with E-state index in [1.165, 1.54) is 12.8 Å². The molecule has 0 radical (unpaired) electrons. The van der Waals surface area contributed by atoms with Crippen LogP contribution in [0.1, 0.15) is 31.7 Å². The first-order chi connectivity index (χ1) is 9.25. The van der Waals surface area contributed by atoms with Crippen molar-refractivity contribution in [3.63, 3.8) is 0 Å². The lowest BCUT2D eigenvalue weighted by molar-refractivity contribution is -0.122. The number of benzene rings is 1. The molecule has 1 saturated heterocycles. The number of carbonyl (C=O) groups excluding carboxylic acids is 1. The third-order valence-electron chi connectivity index (χ3n) is 3.98. The van der Waals surface area contributed by atoms with Crippen LogP contribution in [0.25, 0.3) is 0 Å². The lowest BCUT2D eigenvalue weighted by Crippen LogP contribution is -2.35. The highest BCUT2D eigenvalue weighted by molar-refractivity contribution is 5.85. The second-order valence-electron chi connectivity index (χ2n) is 5.55. The molecule has 0 aliphatic carbocycles. The van der Waals surface area contributed by atoms with Gasteiger partial charge >= 0.3 is 0 Å². The van der Waals surface area contributed by atoms with Gasteiger partial charge in [0.05, 0.1) is 0 Å². The van der Waals surface area contributed by atoms with Crippen LogP contribution >= 0.6 is 12.4 Å². The summed E-state index contributed by atoms with van der Waals surface area (Å²) >= 11 is 0. The van der Waals surface area contributed by atoms with Crippen LogP contribution in [0.2, 0.25) is 0 Å². The van der Waals surface area contributed by atoms with E-state index in [-0.39, 0.29) is 18.3 Å². The first kappa shape index (κ1) is 17.0. The fourth-order valence-electron chi connectivity index (χ4n) is 2.69. The second kappa shape index (κ2) is 8.98. The molecule has 1 fully saturated rings. The smallest absolute Gasteiger partial charge is 0.220 e. The predicted molar refractivity (Wildman–Crippen MR) is 84.9 cm³/mol. The molecule has 0 saturated carbocycles. The number of hydrogen-bond donors (Lipinski definition) is 2. The minimum absolute atomic E-state index is 0. The van der Waals surface area contributed by atoms with E-state index < -0.39 is 0 Å². The van der Waals surface area contributed by atoms with Gasteiger partial charge in [-0.3, -0.25) is 4.79 Å². The maximum atomic E-state index is 11.9. The van der Waals surface area contributed by atoms with Crippen molar-refractivity contribution in [1.82, 2.24) is 10.6 Å². The van der Waals surface area contributed by atoms with Crippen LogP contribution in [0.5, 0.6) is 0 Å². The minimum Gasteiger partial charge on any atom is -0.352 e. The molecule has 1 amide bonds. The topological polar surface area (TPSA) is 41.1 Å². The van der Waals surface area contributed by atoms with Crippen molar-refractivity contribution in [1.29, 1.82) is 0 Å². The first-order valence-electron chi connectivity index (χ1n) is 7.27. The number of halogens is 1. The van der Waals surface area contributed by atoms with E-state index in [2.05, 4.69) is 17.6 Å². The zero-order valence-corrected chi connectivity index (χ0v) is 12.9. The second-order valence-corrected chi connectivity index (χ2v) is 5.55. The molecule has 1 heterocycles. The Hall–Kier alpha value is -1.06. The van der Waals surface area contributed by atoms with Gasteiger partial charge in [-0.25, -0.2) is 0 Å². The van der Waals surface area contributed by atoms with Crippen molar-refractivity contribution in [2.45, 2.75) is 32.7 Å². The zero-order valence-electron chi connectivity index (χ0n) is 12.1. The van der Waals surface area contributed by atoms with Crippen molar-refractivity contribution in [3.05, 3.63) is 35.9 Å². The van der Waals surface area contributed by atoms with E-state index in [0.29, 0.717) is 24.8 Å². The van der Waals surface area contributed by atoms with E-state index >= 15 is 0 Å². The lowest BCUT2D eigenvalue weighted by Gasteiger charge is -2.28. The third-order valence-corrected chi connectivity index (χ3v) is 3.98. The van der Waals surface area contributed by atoms with E-state index in [1.807, 2.05) is 30.3 Å². The number of amides is 1. The fraction of sp³-hybridized carbons (Fsp3) is 0.562. The highest BCUT2D eigenvalue weighted by Crippen LogP contribution is 2.22. The van der Waals surface area contributed by atoms with Crippen molar-refractivity contribution in [3.8, 4) is 0 Å². The molecule has 0 spiro atoms. The number of piperidine rings is 1. The summed E-state index contributed by atoms with van der Waals surface area (Å²) in [6.07, 6.45) is 3.12. The molecular formula is C16H25ClN2O. The van der Waals surface area contributed by atoms with Crippen molar-refractivity contribution in [2.75, 3.05) is 13.1 Å². The van der Waals surface area contributed by atoms with Crippen LogP contribution in [-0.4, -0.2) is 19.0 Å². The average Bonchev–Trinajstić information content (AvgIpc) is 2.47. The van der Waals surface area contributed by atoms with E-state index in [1.54, 1.807) is 0 Å². The third kappa shape index (κ3) is 5.51. The molecule has 2 atom stereocenters. The van der Waals surface area contributed by atoms with Crippen molar-refractivity contribution >= 4 is 18.3 Å². The molecule has 0 bridgehead atoms. The number of carbonyl (C=O) groups is 1. The summed E-state index contributed by atoms with van der Waals surface area (Å²) in [6, 6.07) is 10.1. The first-order valence-corrected chi connectivity index (χ1v) is 7.27. The van der Waals surface area contributed by atoms with Gasteiger partial charge in [-0.1, -0.05) is 37.3 Å². The molecule has 112 valence electrons. The van der Waals surface area contributed by atoms with Gasteiger partial charge in [-0.05, 0) is 43.3 Å². The van der Waals surface area contributed by atoms with Crippen LogP contribution in [0.15, 0.2) is 30.3 Å². The van der Waals surface area contributed by atoms with Crippen LogP contribution in [0.4, 0.5) is 0 Å². The van der Waals surface area contributed by atoms with E-state index in [0.717, 1.165) is 18.7 Å². The largest absolute Gasteiger partial charge is 0.352 e. The van der Waals surface area contributed by atoms with Gasteiger partial charge in [0.15, 0.2) is 0 Å². The summed E-state index contributed by atoms with van der Waals surface area (Å²) in [4.78, 5) is 11.9. The predicted octanol–water partition coefficient (Wildman–Crippen LogP) is 2.75. The summed E-state index contributed by atoms with van der Waals surface area (Å²) in [6.45, 7) is 5.02. The van der Waals surface area contributed by atoms with E-state index in [4.69, 9.17) is 0 Å². The van der Waals surface area contributed by atoms with Crippen LogP contribution in [0.3, 0.4) is 0 Å². The summed E-state index contributed by atoms with van der Waals surface area (Å²) in [5, 5.41) is 6.42. The molecule has 3 nitrogen and oxygen atoms in total. The highest BCUT2D eigenvalue weighted by atomic mass is 35.5. The SMILES string of the molecule is CC(CC(=O)NCc1ccccc1)C1CCCNC1.Cl. The van der Waals surface area contributed by atoms with Crippen LogP contribution in [-0.2, 0) is 11.3 Å².